The summed E-state index contributed by atoms with van der Waals surface area (Å²) in [6, 6.07) is 23.6. The first-order valence-corrected chi connectivity index (χ1v) is 12.6. The van der Waals surface area contributed by atoms with Crippen LogP contribution in [0, 0.1) is 20.8 Å². The Morgan fingerprint density at radius 3 is 1.95 bits per heavy atom. The molecule has 0 radical (unpaired) electrons. The first-order valence-electron chi connectivity index (χ1n) is 12.6. The second-order valence-electron chi connectivity index (χ2n) is 9.50. The number of carbonyl (C=O) groups is 4. The fourth-order valence-electron chi connectivity index (χ4n) is 4.83. The van der Waals surface area contributed by atoms with Crippen LogP contribution < -0.4 is 9.80 Å². The summed E-state index contributed by atoms with van der Waals surface area (Å²) < 4.78 is 6.78. The molecular formula is C32H27N3O5. The Labute approximate surface area is 231 Å². The SMILES string of the molecule is COC(=O)c1cccc(-n2c(C)cc(/C=C3\C(=O)N(c4ccccc4)C(=O)N(c4ccc(C)cc4)C3=O)c2C)c1. The molecule has 40 heavy (non-hydrogen) atoms. The van der Waals surface area contributed by atoms with Gasteiger partial charge < -0.3 is 9.30 Å². The number of ether oxygens (including phenoxy) is 1. The van der Waals surface area contributed by atoms with E-state index in [1.165, 1.54) is 13.2 Å². The number of aryl methyl sites for hydroxylation is 2. The van der Waals surface area contributed by atoms with Crippen LogP contribution in [0.5, 0.6) is 0 Å². The molecule has 0 aliphatic carbocycles. The largest absolute Gasteiger partial charge is 0.465 e. The summed E-state index contributed by atoms with van der Waals surface area (Å²) in [7, 11) is 1.33. The smallest absolute Gasteiger partial charge is 0.343 e. The molecule has 1 saturated heterocycles. The van der Waals surface area contributed by atoms with Crippen LogP contribution in [0.3, 0.4) is 0 Å². The monoisotopic (exact) mass is 533 g/mol. The van der Waals surface area contributed by atoms with Crippen LogP contribution in [0.2, 0.25) is 0 Å². The number of imide groups is 2. The second-order valence-corrected chi connectivity index (χ2v) is 9.50. The molecule has 1 fully saturated rings. The Morgan fingerprint density at radius 1 is 0.725 bits per heavy atom. The Bertz CT molecular complexity index is 1680. The molecule has 3 aromatic carbocycles. The third-order valence-corrected chi connectivity index (χ3v) is 6.85. The standard InChI is InChI=1S/C32H27N3O5/c1-20-13-15-26(16-14-20)35-30(37)28(29(36)34(32(35)39)25-10-6-5-7-11-25)19-24-17-21(2)33(22(24)3)27-12-8-9-23(18-27)31(38)40-4/h5-19H,1-4H3/b28-19+. The maximum absolute atomic E-state index is 13.8. The van der Waals surface area contributed by atoms with Crippen LogP contribution >= 0.6 is 0 Å². The van der Waals surface area contributed by atoms with Gasteiger partial charge in [-0.15, -0.1) is 0 Å². The summed E-state index contributed by atoms with van der Waals surface area (Å²) >= 11 is 0. The molecule has 5 rings (SSSR count). The zero-order valence-electron chi connectivity index (χ0n) is 22.5. The summed E-state index contributed by atoms with van der Waals surface area (Å²) in [5, 5.41) is 0. The van der Waals surface area contributed by atoms with Crippen molar-refractivity contribution in [3.05, 3.63) is 119 Å². The Morgan fingerprint density at radius 2 is 1.32 bits per heavy atom. The van der Waals surface area contributed by atoms with Gasteiger partial charge in [0.05, 0.1) is 24.0 Å². The van der Waals surface area contributed by atoms with Crippen LogP contribution in [0.1, 0.15) is 32.9 Å². The number of carbonyl (C=O) groups excluding carboxylic acids is 4. The summed E-state index contributed by atoms with van der Waals surface area (Å²) in [6.07, 6.45) is 1.53. The average Bonchev–Trinajstić information content (AvgIpc) is 3.24. The maximum atomic E-state index is 13.8. The summed E-state index contributed by atoms with van der Waals surface area (Å²) in [5.41, 5.74) is 4.88. The van der Waals surface area contributed by atoms with Gasteiger partial charge >= 0.3 is 12.0 Å². The molecule has 4 aromatic rings. The number of hydrogen-bond acceptors (Lipinski definition) is 5. The van der Waals surface area contributed by atoms with E-state index in [0.29, 0.717) is 22.5 Å². The number of esters is 1. The lowest BCUT2D eigenvalue weighted by atomic mass is 10.0. The minimum absolute atomic E-state index is 0.146. The maximum Gasteiger partial charge on any atom is 0.343 e. The van der Waals surface area contributed by atoms with E-state index < -0.39 is 23.8 Å². The van der Waals surface area contributed by atoms with Gasteiger partial charge in [-0.05, 0) is 80.9 Å². The average molecular weight is 534 g/mol. The molecule has 1 aliphatic rings. The number of aromatic nitrogens is 1. The molecule has 2 heterocycles. The topological polar surface area (TPSA) is 88.9 Å². The van der Waals surface area contributed by atoms with E-state index in [9.17, 15) is 19.2 Å². The highest BCUT2D eigenvalue weighted by atomic mass is 16.5. The van der Waals surface area contributed by atoms with Crippen LogP contribution in [0.4, 0.5) is 16.2 Å². The van der Waals surface area contributed by atoms with Crippen molar-refractivity contribution in [2.45, 2.75) is 20.8 Å². The molecule has 1 aliphatic heterocycles. The zero-order chi connectivity index (χ0) is 28.6. The second kappa shape index (κ2) is 10.5. The highest BCUT2D eigenvalue weighted by Gasteiger charge is 2.43. The van der Waals surface area contributed by atoms with Gasteiger partial charge in [-0.2, -0.15) is 0 Å². The van der Waals surface area contributed by atoms with Crippen molar-refractivity contribution in [3.63, 3.8) is 0 Å². The van der Waals surface area contributed by atoms with E-state index in [1.807, 2.05) is 37.5 Å². The molecule has 1 aromatic heterocycles. The molecule has 8 nitrogen and oxygen atoms in total. The number of para-hydroxylation sites is 1. The van der Waals surface area contributed by atoms with E-state index >= 15 is 0 Å². The third kappa shape index (κ3) is 4.60. The number of methoxy groups -OCH3 is 1. The highest BCUT2D eigenvalue weighted by Crippen LogP contribution is 2.31. The van der Waals surface area contributed by atoms with Gasteiger partial charge in [-0.25, -0.2) is 19.4 Å². The van der Waals surface area contributed by atoms with Crippen molar-refractivity contribution >= 4 is 41.3 Å². The van der Waals surface area contributed by atoms with Crippen molar-refractivity contribution < 1.29 is 23.9 Å². The molecule has 8 heteroatoms. The number of urea groups is 1. The minimum Gasteiger partial charge on any atom is -0.465 e. The number of amides is 4. The van der Waals surface area contributed by atoms with Gasteiger partial charge in [0.1, 0.15) is 5.57 Å². The molecule has 0 spiro atoms. The number of anilines is 2. The van der Waals surface area contributed by atoms with Gasteiger partial charge in [0.2, 0.25) is 0 Å². The van der Waals surface area contributed by atoms with E-state index in [1.54, 1.807) is 72.8 Å². The zero-order valence-corrected chi connectivity index (χ0v) is 22.5. The van der Waals surface area contributed by atoms with Crippen molar-refractivity contribution in [2.75, 3.05) is 16.9 Å². The van der Waals surface area contributed by atoms with Crippen molar-refractivity contribution in [3.8, 4) is 5.69 Å². The molecule has 0 bridgehead atoms. The first-order chi connectivity index (χ1) is 19.2. The number of barbiturate groups is 1. The first kappa shape index (κ1) is 26.4. The number of benzene rings is 3. The van der Waals surface area contributed by atoms with E-state index in [4.69, 9.17) is 4.74 Å². The molecule has 4 amide bonds. The van der Waals surface area contributed by atoms with Gasteiger partial charge in [0.15, 0.2) is 0 Å². The summed E-state index contributed by atoms with van der Waals surface area (Å²) in [5.74, 6) is -1.86. The fraction of sp³-hybridized carbons (Fsp3) is 0.125. The number of hydrogen-bond donors (Lipinski definition) is 0. The third-order valence-electron chi connectivity index (χ3n) is 6.85. The molecular weight excluding hydrogens is 506 g/mol. The molecule has 0 saturated carbocycles. The van der Waals surface area contributed by atoms with Crippen molar-refractivity contribution in [1.29, 1.82) is 0 Å². The summed E-state index contributed by atoms with van der Waals surface area (Å²) in [4.78, 5) is 55.2. The lowest BCUT2D eigenvalue weighted by molar-refractivity contribution is -0.121. The van der Waals surface area contributed by atoms with E-state index in [2.05, 4.69) is 0 Å². The molecule has 0 N–H and O–H groups in total. The molecule has 0 unspecified atom stereocenters. The lowest BCUT2D eigenvalue weighted by Gasteiger charge is -2.34. The highest BCUT2D eigenvalue weighted by molar-refractivity contribution is 6.46. The molecule has 200 valence electrons. The minimum atomic E-state index is -0.743. The predicted octanol–water partition coefficient (Wildman–Crippen LogP) is 5.77. The van der Waals surface area contributed by atoms with Gasteiger partial charge in [-0.1, -0.05) is 42.0 Å². The molecule has 0 atom stereocenters. The van der Waals surface area contributed by atoms with Crippen LogP contribution in [-0.4, -0.2) is 35.5 Å². The van der Waals surface area contributed by atoms with Crippen molar-refractivity contribution in [2.24, 2.45) is 0 Å². The van der Waals surface area contributed by atoms with Gasteiger partial charge in [0, 0.05) is 17.1 Å². The lowest BCUT2D eigenvalue weighted by Crippen LogP contribution is -2.57. The van der Waals surface area contributed by atoms with Gasteiger partial charge in [0.25, 0.3) is 11.8 Å². The Balaban J connectivity index is 1.63. The quantitative estimate of drug-likeness (QED) is 0.185. The van der Waals surface area contributed by atoms with Gasteiger partial charge in [-0.3, -0.25) is 9.59 Å². The van der Waals surface area contributed by atoms with Crippen LogP contribution in [0.15, 0.2) is 90.5 Å². The van der Waals surface area contributed by atoms with Crippen molar-refractivity contribution in [1.82, 2.24) is 4.57 Å². The Hall–Kier alpha value is -5.24. The van der Waals surface area contributed by atoms with Crippen LogP contribution in [-0.2, 0) is 14.3 Å². The normalized spacial score (nSPS) is 14.7. The predicted molar refractivity (Wildman–Crippen MR) is 153 cm³/mol. The fourth-order valence-corrected chi connectivity index (χ4v) is 4.83. The van der Waals surface area contributed by atoms with E-state index in [-0.39, 0.29) is 5.57 Å². The van der Waals surface area contributed by atoms with E-state index in [0.717, 1.165) is 32.4 Å². The number of rotatable bonds is 5. The number of nitrogens with zero attached hydrogens (tertiary/aromatic N) is 3. The van der Waals surface area contributed by atoms with Crippen LogP contribution in [0.25, 0.3) is 11.8 Å². The summed E-state index contributed by atoms with van der Waals surface area (Å²) in [6.45, 7) is 5.66. The Kier molecular flexibility index (Phi) is 6.92.